The molecular formula is C22H40N2O16. The Labute approximate surface area is 228 Å². The predicted octanol–water partition coefficient (Wildman–Crippen LogP) is -7.65. The second kappa shape index (κ2) is 15.6. The molecule has 0 bridgehead atoms. The number of hydrogen-bond donors (Lipinski definition) is 12. The van der Waals surface area contributed by atoms with Crippen molar-refractivity contribution in [2.75, 3.05) is 26.4 Å². The van der Waals surface area contributed by atoms with E-state index < -0.39 is 124 Å². The molecule has 0 aromatic heterocycles. The number of aliphatic hydroxyl groups is 10. The van der Waals surface area contributed by atoms with Gasteiger partial charge >= 0.3 is 0 Å². The Bertz CT molecular complexity index is 807. The number of amides is 2. The van der Waals surface area contributed by atoms with Crippen LogP contribution in [-0.2, 0) is 28.5 Å². The lowest BCUT2D eigenvalue weighted by molar-refractivity contribution is -0.323. The number of rotatable bonds is 13. The maximum atomic E-state index is 11.7. The molecule has 14 atom stereocenters. The van der Waals surface area contributed by atoms with Gasteiger partial charge in [-0.1, -0.05) is 0 Å². The standard InChI is InChI=1S/C22H40N2O16/c1-7(28)23-9(3-25)20(40-22-19(36)18(35)16(33)12(5-27)39-22)14(31)10(30)6-37-21-13(24-8(2)29)17(34)15(32)11(4-26)38-21/h9-22,25-27,30-36H,3-6H2,1-2H3,(H,23,28)(H,24,29)/t9-,10+,11+,12+,13+,14-,15+,16-,17+,18-,19+,20+,21+,22-/m0/s1. The van der Waals surface area contributed by atoms with Crippen LogP contribution in [0.15, 0.2) is 0 Å². The van der Waals surface area contributed by atoms with Gasteiger partial charge in [0.15, 0.2) is 12.6 Å². The van der Waals surface area contributed by atoms with Crippen molar-refractivity contribution in [3.63, 3.8) is 0 Å². The summed E-state index contributed by atoms with van der Waals surface area (Å²) in [7, 11) is 0. The molecule has 2 heterocycles. The molecule has 0 spiro atoms. The highest BCUT2D eigenvalue weighted by Gasteiger charge is 2.48. The second-order valence-corrected chi connectivity index (χ2v) is 9.61. The van der Waals surface area contributed by atoms with E-state index in [-0.39, 0.29) is 0 Å². The molecule has 0 unspecified atom stereocenters. The van der Waals surface area contributed by atoms with Crippen molar-refractivity contribution in [3.8, 4) is 0 Å². The first-order valence-corrected chi connectivity index (χ1v) is 12.5. The van der Waals surface area contributed by atoms with Crippen molar-refractivity contribution in [2.45, 2.75) is 99.6 Å². The largest absolute Gasteiger partial charge is 0.394 e. The van der Waals surface area contributed by atoms with Crippen LogP contribution in [0.3, 0.4) is 0 Å². The zero-order valence-corrected chi connectivity index (χ0v) is 21.8. The third-order valence-corrected chi connectivity index (χ3v) is 6.53. The summed E-state index contributed by atoms with van der Waals surface area (Å²) < 4.78 is 21.6. The van der Waals surface area contributed by atoms with Gasteiger partial charge in [-0.2, -0.15) is 0 Å². The lowest BCUT2D eigenvalue weighted by Gasteiger charge is -2.43. The van der Waals surface area contributed by atoms with Gasteiger partial charge in [-0.25, -0.2) is 0 Å². The van der Waals surface area contributed by atoms with E-state index in [4.69, 9.17) is 18.9 Å². The van der Waals surface area contributed by atoms with Crippen molar-refractivity contribution < 1.29 is 79.6 Å². The van der Waals surface area contributed by atoms with Gasteiger partial charge in [-0.3, -0.25) is 9.59 Å². The smallest absolute Gasteiger partial charge is 0.217 e. The van der Waals surface area contributed by atoms with E-state index in [2.05, 4.69) is 10.6 Å². The Hall–Kier alpha value is -1.62. The van der Waals surface area contributed by atoms with E-state index in [1.807, 2.05) is 0 Å². The van der Waals surface area contributed by atoms with Crippen LogP contribution in [0.4, 0.5) is 0 Å². The predicted molar refractivity (Wildman–Crippen MR) is 127 cm³/mol. The summed E-state index contributed by atoms with van der Waals surface area (Å²) in [5, 5.41) is 106. The minimum Gasteiger partial charge on any atom is -0.394 e. The first-order chi connectivity index (χ1) is 18.8. The fraction of sp³-hybridized carbons (Fsp3) is 0.909. The minimum atomic E-state index is -2.02. The summed E-state index contributed by atoms with van der Waals surface area (Å²) in [5.41, 5.74) is 0. The number of nitrogens with one attached hydrogen (secondary N) is 2. The van der Waals surface area contributed by atoms with Crippen LogP contribution < -0.4 is 10.6 Å². The number of aliphatic hydroxyl groups excluding tert-OH is 10. The lowest BCUT2D eigenvalue weighted by Crippen LogP contribution is -2.65. The zero-order valence-electron chi connectivity index (χ0n) is 21.8. The van der Waals surface area contributed by atoms with Gasteiger partial charge < -0.3 is 80.6 Å². The van der Waals surface area contributed by atoms with Gasteiger partial charge in [0.1, 0.15) is 67.1 Å². The number of carbonyl (C=O) groups is 2. The summed E-state index contributed by atoms with van der Waals surface area (Å²) in [6, 6.07) is -2.78. The molecule has 0 saturated carbocycles. The van der Waals surface area contributed by atoms with Gasteiger partial charge in [0.25, 0.3) is 0 Å². The summed E-state index contributed by atoms with van der Waals surface area (Å²) in [4.78, 5) is 23.3. The quantitative estimate of drug-likeness (QED) is 0.0950. The molecule has 0 aromatic rings. The van der Waals surface area contributed by atoms with Crippen LogP contribution in [0.5, 0.6) is 0 Å². The van der Waals surface area contributed by atoms with Crippen LogP contribution in [0.2, 0.25) is 0 Å². The first kappa shape index (κ1) is 34.6. The highest BCUT2D eigenvalue weighted by molar-refractivity contribution is 5.73. The summed E-state index contributed by atoms with van der Waals surface area (Å²) in [5.74, 6) is -1.32. The SMILES string of the molecule is CC(=O)N[C@H]1[C@H](OC[C@@H](O)[C@H](O)[C@H](O[C@@H]2O[C@H](CO)[C@H](O)[C@H](O)[C@H]2O)[C@H](CO)NC(C)=O)O[C@H](CO)[C@@H](O)[C@@H]1O. The van der Waals surface area contributed by atoms with Crippen molar-refractivity contribution in [2.24, 2.45) is 0 Å². The summed E-state index contributed by atoms with van der Waals surface area (Å²) in [6.07, 6.45) is -20.5. The lowest BCUT2D eigenvalue weighted by atomic mass is 9.96. The molecule has 2 amide bonds. The fourth-order valence-corrected chi connectivity index (χ4v) is 4.36. The molecule has 40 heavy (non-hydrogen) atoms. The third kappa shape index (κ3) is 8.46. The monoisotopic (exact) mass is 588 g/mol. The molecule has 0 radical (unpaired) electrons. The second-order valence-electron chi connectivity index (χ2n) is 9.61. The molecule has 18 heteroatoms. The van der Waals surface area contributed by atoms with Crippen molar-refractivity contribution in [1.29, 1.82) is 0 Å². The van der Waals surface area contributed by atoms with Crippen LogP contribution in [0, 0.1) is 0 Å². The molecule has 18 nitrogen and oxygen atoms in total. The minimum absolute atomic E-state index is 0.634. The molecule has 2 saturated heterocycles. The number of carbonyl (C=O) groups excluding carboxylic acids is 2. The van der Waals surface area contributed by atoms with Gasteiger partial charge in [-0.05, 0) is 0 Å². The van der Waals surface area contributed by atoms with Gasteiger partial charge in [0.05, 0.1) is 32.5 Å². The van der Waals surface area contributed by atoms with Crippen LogP contribution >= 0.6 is 0 Å². The molecule has 2 aliphatic heterocycles. The Morgan fingerprint density at radius 2 is 1.35 bits per heavy atom. The van der Waals surface area contributed by atoms with Gasteiger partial charge in [0, 0.05) is 13.8 Å². The normalized spacial score (nSPS) is 37.7. The van der Waals surface area contributed by atoms with E-state index in [9.17, 15) is 60.7 Å². The maximum absolute atomic E-state index is 11.7. The average molecular weight is 589 g/mol. The summed E-state index contributed by atoms with van der Waals surface area (Å²) in [6.45, 7) is -0.985. The number of ether oxygens (including phenoxy) is 4. The van der Waals surface area contributed by atoms with E-state index in [1.54, 1.807) is 0 Å². The van der Waals surface area contributed by atoms with E-state index in [1.165, 1.54) is 0 Å². The summed E-state index contributed by atoms with van der Waals surface area (Å²) >= 11 is 0. The Morgan fingerprint density at radius 1 is 0.800 bits per heavy atom. The maximum Gasteiger partial charge on any atom is 0.217 e. The first-order valence-electron chi connectivity index (χ1n) is 12.5. The topological polar surface area (TPSA) is 297 Å². The van der Waals surface area contributed by atoms with Crippen LogP contribution in [-0.4, -0.2) is 175 Å². The number of hydrogen-bond acceptors (Lipinski definition) is 16. The van der Waals surface area contributed by atoms with Gasteiger partial charge in [0.2, 0.25) is 11.8 Å². The van der Waals surface area contributed by atoms with Crippen molar-refractivity contribution in [1.82, 2.24) is 10.6 Å². The molecule has 234 valence electrons. The molecule has 2 aliphatic rings. The highest BCUT2D eigenvalue weighted by atomic mass is 16.7. The molecule has 0 aromatic carbocycles. The highest BCUT2D eigenvalue weighted by Crippen LogP contribution is 2.26. The molecule has 2 fully saturated rings. The Balaban J connectivity index is 2.22. The van der Waals surface area contributed by atoms with E-state index in [0.29, 0.717) is 0 Å². The van der Waals surface area contributed by atoms with Crippen molar-refractivity contribution in [3.05, 3.63) is 0 Å². The van der Waals surface area contributed by atoms with E-state index >= 15 is 0 Å². The van der Waals surface area contributed by atoms with Gasteiger partial charge in [-0.15, -0.1) is 0 Å². The average Bonchev–Trinajstić information content (AvgIpc) is 2.91. The third-order valence-electron chi connectivity index (χ3n) is 6.53. The molecule has 2 rings (SSSR count). The Morgan fingerprint density at radius 3 is 1.85 bits per heavy atom. The van der Waals surface area contributed by atoms with E-state index in [0.717, 1.165) is 13.8 Å². The molecular weight excluding hydrogens is 548 g/mol. The zero-order chi connectivity index (χ0) is 30.3. The van der Waals surface area contributed by atoms with Crippen LogP contribution in [0.1, 0.15) is 13.8 Å². The fourth-order valence-electron chi connectivity index (χ4n) is 4.36. The van der Waals surface area contributed by atoms with Crippen molar-refractivity contribution >= 4 is 11.8 Å². The Kier molecular flexibility index (Phi) is 13.5. The van der Waals surface area contributed by atoms with Crippen LogP contribution in [0.25, 0.3) is 0 Å². The molecule has 12 N–H and O–H groups in total. The molecule has 0 aliphatic carbocycles.